The fraction of sp³-hybridized carbons (Fsp3) is 0.500. The minimum Gasteiger partial charge on any atom is -0.458 e. The zero-order valence-electron chi connectivity index (χ0n) is 11.5. The Morgan fingerprint density at radius 1 is 1.26 bits per heavy atom. The number of aryl methyl sites for hydroxylation is 1. The minimum atomic E-state index is -0.708. The Balaban J connectivity index is 1.94. The highest BCUT2D eigenvalue weighted by atomic mass is 16.5. The summed E-state index contributed by atoms with van der Waals surface area (Å²) in [6.07, 6.45) is 2.32. The zero-order chi connectivity index (χ0) is 13.5. The van der Waals surface area contributed by atoms with Gasteiger partial charge < -0.3 is 14.3 Å². The molecule has 1 aliphatic heterocycles. The monoisotopic (exact) mass is 260 g/mol. The lowest BCUT2D eigenvalue weighted by Crippen LogP contribution is -2.39. The topological polar surface area (TPSA) is 42.6 Å². The van der Waals surface area contributed by atoms with E-state index in [1.54, 1.807) is 0 Å². The molecule has 1 aromatic carbocycles. The molecule has 0 bridgehead atoms. The van der Waals surface area contributed by atoms with Crippen LogP contribution in [0.3, 0.4) is 0 Å². The van der Waals surface area contributed by atoms with Crippen LogP contribution in [-0.2, 0) is 4.74 Å². The van der Waals surface area contributed by atoms with Crippen LogP contribution in [0.1, 0.15) is 43.6 Å². The summed E-state index contributed by atoms with van der Waals surface area (Å²) in [5, 5.41) is 11.6. The van der Waals surface area contributed by atoms with Crippen molar-refractivity contribution in [1.82, 2.24) is 0 Å². The molecule has 0 aliphatic carbocycles. The van der Waals surface area contributed by atoms with E-state index in [9.17, 15) is 5.11 Å². The van der Waals surface area contributed by atoms with E-state index in [1.165, 1.54) is 5.56 Å². The summed E-state index contributed by atoms with van der Waals surface area (Å²) in [6.45, 7) is 4.73. The molecule has 102 valence electrons. The molecule has 0 saturated carbocycles. The highest BCUT2D eigenvalue weighted by Crippen LogP contribution is 2.38. The average molecular weight is 260 g/mol. The smallest absolute Gasteiger partial charge is 0.140 e. The normalized spacial score (nSPS) is 25.6. The molecule has 19 heavy (non-hydrogen) atoms. The Morgan fingerprint density at radius 2 is 2.11 bits per heavy atom. The number of aliphatic hydroxyl groups is 1. The van der Waals surface area contributed by atoms with Crippen molar-refractivity contribution in [2.45, 2.75) is 44.8 Å². The highest BCUT2D eigenvalue weighted by Gasteiger charge is 2.38. The predicted molar refractivity (Wildman–Crippen MR) is 74.1 cm³/mol. The van der Waals surface area contributed by atoms with Gasteiger partial charge in [0.15, 0.2) is 0 Å². The number of aliphatic hydroxyl groups excluding tert-OH is 1. The Kier molecular flexibility index (Phi) is 3.11. The molecule has 2 heterocycles. The average Bonchev–Trinajstić information content (AvgIpc) is 2.81. The van der Waals surface area contributed by atoms with Crippen LogP contribution < -0.4 is 0 Å². The molecule has 2 atom stereocenters. The quantitative estimate of drug-likeness (QED) is 0.894. The third-order valence-electron chi connectivity index (χ3n) is 4.04. The lowest BCUT2D eigenvalue weighted by molar-refractivity contribution is -0.143. The maximum atomic E-state index is 10.6. The van der Waals surface area contributed by atoms with Crippen molar-refractivity contribution in [2.24, 2.45) is 0 Å². The number of furan rings is 1. The van der Waals surface area contributed by atoms with Crippen LogP contribution in [0.15, 0.2) is 28.7 Å². The van der Waals surface area contributed by atoms with E-state index in [2.05, 4.69) is 6.07 Å². The molecule has 1 N–H and O–H groups in total. The van der Waals surface area contributed by atoms with Crippen LogP contribution in [0.2, 0.25) is 0 Å². The molecule has 0 amide bonds. The van der Waals surface area contributed by atoms with Crippen LogP contribution in [-0.4, -0.2) is 17.3 Å². The molecular formula is C16H20O3. The lowest BCUT2D eigenvalue weighted by Gasteiger charge is -2.36. The van der Waals surface area contributed by atoms with Gasteiger partial charge in [-0.05, 0) is 51.3 Å². The number of rotatable bonds is 2. The maximum absolute atomic E-state index is 10.6. The highest BCUT2D eigenvalue weighted by molar-refractivity contribution is 5.78. The van der Waals surface area contributed by atoms with Gasteiger partial charge in [0.1, 0.15) is 17.4 Å². The molecule has 2 unspecified atom stereocenters. The fourth-order valence-corrected chi connectivity index (χ4v) is 2.79. The summed E-state index contributed by atoms with van der Waals surface area (Å²) in [6, 6.07) is 7.96. The van der Waals surface area contributed by atoms with Gasteiger partial charge in [-0.15, -0.1) is 0 Å². The van der Waals surface area contributed by atoms with Crippen molar-refractivity contribution < 1.29 is 14.3 Å². The van der Waals surface area contributed by atoms with Crippen molar-refractivity contribution in [3.8, 4) is 0 Å². The molecule has 3 rings (SSSR count). The van der Waals surface area contributed by atoms with Gasteiger partial charge in [-0.3, -0.25) is 0 Å². The van der Waals surface area contributed by atoms with Crippen LogP contribution in [0.25, 0.3) is 11.0 Å². The van der Waals surface area contributed by atoms with E-state index < -0.39 is 11.7 Å². The standard InChI is InChI=1S/C16H20O3/c1-11-5-6-13-12(9-11)10-14(19-13)15(17)16(2)7-3-4-8-18-16/h5-6,9-10,15,17H,3-4,7-8H2,1-2H3. The Hall–Kier alpha value is -1.32. The molecular weight excluding hydrogens is 240 g/mol. The second-order valence-electron chi connectivity index (χ2n) is 5.71. The second kappa shape index (κ2) is 4.66. The van der Waals surface area contributed by atoms with Crippen LogP contribution in [0.4, 0.5) is 0 Å². The van der Waals surface area contributed by atoms with Crippen LogP contribution >= 0.6 is 0 Å². The first-order valence-corrected chi connectivity index (χ1v) is 6.91. The molecule has 3 heteroatoms. The first kappa shape index (κ1) is 12.7. The first-order valence-electron chi connectivity index (χ1n) is 6.91. The van der Waals surface area contributed by atoms with Gasteiger partial charge in [0.25, 0.3) is 0 Å². The fourth-order valence-electron chi connectivity index (χ4n) is 2.79. The van der Waals surface area contributed by atoms with Crippen LogP contribution in [0, 0.1) is 6.92 Å². The van der Waals surface area contributed by atoms with Gasteiger partial charge in [-0.25, -0.2) is 0 Å². The first-order chi connectivity index (χ1) is 9.08. The number of benzene rings is 1. The van der Waals surface area contributed by atoms with Gasteiger partial charge in [0, 0.05) is 12.0 Å². The van der Waals surface area contributed by atoms with E-state index in [4.69, 9.17) is 9.15 Å². The van der Waals surface area contributed by atoms with E-state index >= 15 is 0 Å². The predicted octanol–water partition coefficient (Wildman–Crippen LogP) is 3.73. The zero-order valence-corrected chi connectivity index (χ0v) is 11.5. The minimum absolute atomic E-state index is 0.527. The van der Waals surface area contributed by atoms with Crippen LogP contribution in [0.5, 0.6) is 0 Å². The Labute approximate surface area is 113 Å². The van der Waals surface area contributed by atoms with Gasteiger partial charge in [0.05, 0.1) is 5.60 Å². The van der Waals surface area contributed by atoms with Crippen molar-refractivity contribution in [2.75, 3.05) is 6.61 Å². The molecule has 1 aromatic heterocycles. The Bertz CT molecular complexity index is 579. The van der Waals surface area contributed by atoms with E-state index in [0.29, 0.717) is 12.4 Å². The molecule has 0 radical (unpaired) electrons. The van der Waals surface area contributed by atoms with Crippen molar-refractivity contribution in [3.63, 3.8) is 0 Å². The number of hydrogen-bond acceptors (Lipinski definition) is 3. The molecule has 1 aliphatic rings. The number of hydrogen-bond donors (Lipinski definition) is 1. The van der Waals surface area contributed by atoms with E-state index in [0.717, 1.165) is 30.2 Å². The summed E-state index contributed by atoms with van der Waals surface area (Å²) >= 11 is 0. The second-order valence-corrected chi connectivity index (χ2v) is 5.71. The number of ether oxygens (including phenoxy) is 1. The largest absolute Gasteiger partial charge is 0.458 e. The third kappa shape index (κ3) is 2.28. The van der Waals surface area contributed by atoms with Crippen molar-refractivity contribution >= 4 is 11.0 Å². The molecule has 1 fully saturated rings. The summed E-state index contributed by atoms with van der Waals surface area (Å²) in [4.78, 5) is 0. The summed E-state index contributed by atoms with van der Waals surface area (Å²) in [5.74, 6) is 0.602. The SMILES string of the molecule is Cc1ccc2oc(C(O)C3(C)CCCCO3)cc2c1. The van der Waals surface area contributed by atoms with E-state index in [-0.39, 0.29) is 0 Å². The molecule has 0 spiro atoms. The maximum Gasteiger partial charge on any atom is 0.140 e. The van der Waals surface area contributed by atoms with Crippen molar-refractivity contribution in [1.29, 1.82) is 0 Å². The summed E-state index contributed by atoms with van der Waals surface area (Å²) in [7, 11) is 0. The Morgan fingerprint density at radius 3 is 2.84 bits per heavy atom. The van der Waals surface area contributed by atoms with Gasteiger partial charge in [-0.2, -0.15) is 0 Å². The van der Waals surface area contributed by atoms with E-state index in [1.807, 2.05) is 32.0 Å². The van der Waals surface area contributed by atoms with Gasteiger partial charge >= 0.3 is 0 Å². The van der Waals surface area contributed by atoms with Gasteiger partial charge in [0.2, 0.25) is 0 Å². The van der Waals surface area contributed by atoms with Gasteiger partial charge in [-0.1, -0.05) is 11.6 Å². The molecule has 3 nitrogen and oxygen atoms in total. The lowest BCUT2D eigenvalue weighted by atomic mass is 9.89. The number of fused-ring (bicyclic) bond motifs is 1. The molecule has 2 aromatic rings. The molecule has 1 saturated heterocycles. The van der Waals surface area contributed by atoms with Crippen molar-refractivity contribution in [3.05, 3.63) is 35.6 Å². The third-order valence-corrected chi connectivity index (χ3v) is 4.04. The summed E-state index contributed by atoms with van der Waals surface area (Å²) < 4.78 is 11.6. The summed E-state index contributed by atoms with van der Waals surface area (Å²) in [5.41, 5.74) is 1.48.